The number of rotatable bonds is 5. The van der Waals surface area contributed by atoms with Crippen LogP contribution in [0.1, 0.15) is 26.7 Å². The summed E-state index contributed by atoms with van der Waals surface area (Å²) >= 11 is 0. The lowest BCUT2D eigenvalue weighted by atomic mass is 9.98. The molecule has 0 saturated carbocycles. The Hall–Kier alpha value is -0.690. The zero-order valence-corrected chi connectivity index (χ0v) is 12.6. The monoisotopic (exact) mass is 286 g/mol. The van der Waals surface area contributed by atoms with E-state index >= 15 is 0 Å². The fourth-order valence-electron chi connectivity index (χ4n) is 3.07. The van der Waals surface area contributed by atoms with E-state index in [-0.39, 0.29) is 24.2 Å². The van der Waals surface area contributed by atoms with Gasteiger partial charge in [-0.25, -0.2) is 0 Å². The van der Waals surface area contributed by atoms with Crippen molar-refractivity contribution in [3.05, 3.63) is 0 Å². The van der Waals surface area contributed by atoms with Gasteiger partial charge in [0.25, 0.3) is 0 Å². The summed E-state index contributed by atoms with van der Waals surface area (Å²) in [4.78, 5) is 13.4. The summed E-state index contributed by atoms with van der Waals surface area (Å²) in [6.07, 6.45) is 1.78. The van der Waals surface area contributed by atoms with Gasteiger partial charge in [-0.3, -0.25) is 9.69 Å². The Labute approximate surface area is 120 Å². The molecule has 2 fully saturated rings. The minimum absolute atomic E-state index is 0.00520. The van der Waals surface area contributed by atoms with Crippen molar-refractivity contribution in [1.29, 1.82) is 0 Å². The SMILES string of the molecule is CNC(=O)COC1COC2(CCN(CC(C)(C)O)C2)C1. The Morgan fingerprint density at radius 3 is 3.00 bits per heavy atom. The summed E-state index contributed by atoms with van der Waals surface area (Å²) in [5, 5.41) is 12.4. The molecule has 2 heterocycles. The van der Waals surface area contributed by atoms with Crippen molar-refractivity contribution < 1.29 is 19.4 Å². The number of carbonyl (C=O) groups is 1. The van der Waals surface area contributed by atoms with Crippen molar-refractivity contribution in [3.63, 3.8) is 0 Å². The fourth-order valence-corrected chi connectivity index (χ4v) is 3.07. The van der Waals surface area contributed by atoms with Crippen LogP contribution in [0.5, 0.6) is 0 Å². The Kier molecular flexibility index (Phi) is 4.69. The average molecular weight is 286 g/mol. The second-order valence-electron chi connectivity index (χ2n) is 6.58. The van der Waals surface area contributed by atoms with Gasteiger partial charge < -0.3 is 19.9 Å². The van der Waals surface area contributed by atoms with Gasteiger partial charge in [0.2, 0.25) is 5.91 Å². The number of aliphatic hydroxyl groups is 1. The third-order valence-electron chi connectivity index (χ3n) is 3.91. The van der Waals surface area contributed by atoms with Crippen molar-refractivity contribution >= 4 is 5.91 Å². The Morgan fingerprint density at radius 2 is 2.35 bits per heavy atom. The largest absolute Gasteiger partial charge is 0.389 e. The first-order valence-electron chi connectivity index (χ1n) is 7.23. The number of nitrogens with zero attached hydrogens (tertiary/aromatic N) is 1. The van der Waals surface area contributed by atoms with E-state index in [1.54, 1.807) is 7.05 Å². The minimum atomic E-state index is -0.681. The molecule has 2 atom stereocenters. The highest BCUT2D eigenvalue weighted by Crippen LogP contribution is 2.36. The lowest BCUT2D eigenvalue weighted by Gasteiger charge is -2.27. The van der Waals surface area contributed by atoms with Crippen LogP contribution in [0.25, 0.3) is 0 Å². The maximum Gasteiger partial charge on any atom is 0.245 e. The number of likely N-dealkylation sites (N-methyl/N-ethyl adjacent to an activating group) is 1. The molecule has 0 aromatic carbocycles. The predicted molar refractivity (Wildman–Crippen MR) is 74.5 cm³/mol. The van der Waals surface area contributed by atoms with Gasteiger partial charge in [0, 0.05) is 33.1 Å². The highest BCUT2D eigenvalue weighted by Gasteiger charge is 2.46. The number of likely N-dealkylation sites (tertiary alicyclic amines) is 1. The molecule has 0 aliphatic carbocycles. The molecule has 116 valence electrons. The van der Waals surface area contributed by atoms with Gasteiger partial charge in [-0.1, -0.05) is 0 Å². The van der Waals surface area contributed by atoms with E-state index in [0.717, 1.165) is 25.9 Å². The van der Waals surface area contributed by atoms with Crippen LogP contribution in [-0.2, 0) is 14.3 Å². The summed E-state index contributed by atoms with van der Waals surface area (Å²) in [6.45, 7) is 6.71. The molecule has 6 nitrogen and oxygen atoms in total. The number of nitrogens with one attached hydrogen (secondary N) is 1. The molecule has 2 aliphatic heterocycles. The molecule has 2 saturated heterocycles. The van der Waals surface area contributed by atoms with Gasteiger partial charge >= 0.3 is 0 Å². The van der Waals surface area contributed by atoms with Crippen LogP contribution >= 0.6 is 0 Å². The molecule has 1 spiro atoms. The average Bonchev–Trinajstić information content (AvgIpc) is 2.92. The van der Waals surface area contributed by atoms with Gasteiger partial charge in [-0.2, -0.15) is 0 Å². The van der Waals surface area contributed by atoms with Gasteiger partial charge in [0.1, 0.15) is 6.61 Å². The van der Waals surface area contributed by atoms with Crippen LogP contribution < -0.4 is 5.32 Å². The van der Waals surface area contributed by atoms with Crippen molar-refractivity contribution in [2.45, 2.75) is 44.0 Å². The summed E-state index contributed by atoms with van der Waals surface area (Å²) in [6, 6.07) is 0. The van der Waals surface area contributed by atoms with E-state index in [1.807, 2.05) is 13.8 Å². The summed E-state index contributed by atoms with van der Waals surface area (Å²) < 4.78 is 11.5. The van der Waals surface area contributed by atoms with Crippen LogP contribution in [0.15, 0.2) is 0 Å². The molecule has 0 aromatic heterocycles. The zero-order valence-electron chi connectivity index (χ0n) is 12.6. The van der Waals surface area contributed by atoms with Crippen molar-refractivity contribution in [3.8, 4) is 0 Å². The van der Waals surface area contributed by atoms with Crippen LogP contribution in [0.2, 0.25) is 0 Å². The summed E-state index contributed by atoms with van der Waals surface area (Å²) in [7, 11) is 1.60. The van der Waals surface area contributed by atoms with Gasteiger partial charge in [-0.15, -0.1) is 0 Å². The number of hydrogen-bond donors (Lipinski definition) is 2. The molecule has 0 aromatic rings. The molecule has 2 rings (SSSR count). The van der Waals surface area contributed by atoms with E-state index in [2.05, 4.69) is 10.2 Å². The van der Waals surface area contributed by atoms with Gasteiger partial charge in [-0.05, 0) is 20.3 Å². The maximum atomic E-state index is 11.2. The first-order valence-corrected chi connectivity index (χ1v) is 7.23. The zero-order chi connectivity index (χ0) is 14.8. The van der Waals surface area contributed by atoms with E-state index < -0.39 is 5.60 Å². The van der Waals surface area contributed by atoms with E-state index in [4.69, 9.17) is 9.47 Å². The number of amides is 1. The van der Waals surface area contributed by atoms with E-state index in [0.29, 0.717) is 13.2 Å². The maximum absolute atomic E-state index is 11.2. The lowest BCUT2D eigenvalue weighted by Crippen LogP contribution is -2.40. The van der Waals surface area contributed by atoms with Crippen LogP contribution in [-0.4, -0.2) is 73.1 Å². The van der Waals surface area contributed by atoms with E-state index in [9.17, 15) is 9.90 Å². The first kappa shape index (κ1) is 15.7. The number of ether oxygens (including phenoxy) is 2. The van der Waals surface area contributed by atoms with Crippen molar-refractivity contribution in [2.75, 3.05) is 39.9 Å². The molecule has 2 unspecified atom stereocenters. The topological polar surface area (TPSA) is 71.0 Å². The molecule has 6 heteroatoms. The fraction of sp³-hybridized carbons (Fsp3) is 0.929. The standard InChI is InChI=1S/C14H26N2O4/c1-13(2,18)9-16-5-4-14(10-16)6-11(7-20-14)19-8-12(17)15-3/h11,18H,4-10H2,1-3H3,(H,15,17). The molecule has 1 amide bonds. The van der Waals surface area contributed by atoms with Gasteiger partial charge in [0.15, 0.2) is 0 Å². The van der Waals surface area contributed by atoms with Gasteiger partial charge in [0.05, 0.1) is 23.9 Å². The smallest absolute Gasteiger partial charge is 0.245 e. The molecule has 2 aliphatic rings. The second kappa shape index (κ2) is 5.97. The Balaban J connectivity index is 1.79. The van der Waals surface area contributed by atoms with Crippen LogP contribution in [0.3, 0.4) is 0 Å². The molecular formula is C14H26N2O4. The third kappa shape index (κ3) is 4.15. The molecular weight excluding hydrogens is 260 g/mol. The Bertz CT molecular complexity index is 356. The summed E-state index contributed by atoms with van der Waals surface area (Å²) in [5.41, 5.74) is -0.835. The third-order valence-corrected chi connectivity index (χ3v) is 3.91. The van der Waals surface area contributed by atoms with Crippen LogP contribution in [0.4, 0.5) is 0 Å². The lowest BCUT2D eigenvalue weighted by molar-refractivity contribution is -0.127. The van der Waals surface area contributed by atoms with Crippen molar-refractivity contribution in [1.82, 2.24) is 10.2 Å². The molecule has 0 radical (unpaired) electrons. The molecule has 2 N–H and O–H groups in total. The quantitative estimate of drug-likeness (QED) is 0.729. The Morgan fingerprint density at radius 1 is 1.60 bits per heavy atom. The highest BCUT2D eigenvalue weighted by atomic mass is 16.6. The van der Waals surface area contributed by atoms with E-state index in [1.165, 1.54) is 0 Å². The minimum Gasteiger partial charge on any atom is -0.389 e. The number of carbonyl (C=O) groups excluding carboxylic acids is 1. The van der Waals surface area contributed by atoms with Crippen LogP contribution in [0, 0.1) is 0 Å². The first-order chi connectivity index (χ1) is 9.32. The number of β-amino-alcohol motifs (C(OH)–C–C–N with tert-alkyl or cyclic N) is 1. The predicted octanol–water partition coefficient (Wildman–Crippen LogP) is -0.247. The summed E-state index contributed by atoms with van der Waals surface area (Å²) in [5.74, 6) is -0.110. The van der Waals surface area contributed by atoms with Crippen molar-refractivity contribution in [2.24, 2.45) is 0 Å². The molecule has 0 bridgehead atoms. The highest BCUT2D eigenvalue weighted by molar-refractivity contribution is 5.76. The normalized spacial score (nSPS) is 31.1. The second-order valence-corrected chi connectivity index (χ2v) is 6.58. The number of hydrogen-bond acceptors (Lipinski definition) is 5. The molecule has 20 heavy (non-hydrogen) atoms.